The normalized spacial score (nSPS) is 10.1. The largest absolute Gasteiger partial charge is 0.322 e. The predicted molar refractivity (Wildman–Crippen MR) is 92.0 cm³/mol. The van der Waals surface area contributed by atoms with Crippen LogP contribution in [0.5, 0.6) is 0 Å². The Hall–Kier alpha value is -1.92. The van der Waals surface area contributed by atoms with E-state index in [9.17, 15) is 9.59 Å². The van der Waals surface area contributed by atoms with E-state index in [1.807, 2.05) is 60.7 Å². The van der Waals surface area contributed by atoms with Gasteiger partial charge in [0.1, 0.15) is 0 Å². The van der Waals surface area contributed by atoms with Gasteiger partial charge in [-0.1, -0.05) is 86.3 Å². The minimum Gasteiger partial charge on any atom is -0.276 e. The number of rotatable bonds is 4. The van der Waals surface area contributed by atoms with Crippen molar-refractivity contribution in [2.45, 2.75) is 13.1 Å². The Kier molecular flexibility index (Phi) is 5.91. The molecule has 0 bridgehead atoms. The summed E-state index contributed by atoms with van der Waals surface area (Å²) in [5.41, 5.74) is 1.79. The zero-order valence-electron chi connectivity index (χ0n) is 11.8. The number of carbonyl (C=O) groups excluding carboxylic acids is 2. The van der Waals surface area contributed by atoms with Gasteiger partial charge in [0.05, 0.1) is 13.1 Å². The molecule has 6 heteroatoms. The zero-order valence-corrected chi connectivity index (χ0v) is 13.6. The van der Waals surface area contributed by atoms with E-state index in [1.54, 1.807) is 0 Å². The van der Waals surface area contributed by atoms with Crippen LogP contribution < -0.4 is 0 Å². The maximum atomic E-state index is 12.1. The third-order valence-electron chi connectivity index (χ3n) is 3.00. The molecule has 0 spiro atoms. The number of carbonyl (C=O) groups is 2. The van der Waals surface area contributed by atoms with Crippen molar-refractivity contribution in [1.29, 1.82) is 0 Å². The first-order valence-corrected chi connectivity index (χ1v) is 7.47. The van der Waals surface area contributed by atoms with Crippen molar-refractivity contribution >= 4 is 37.4 Å². The smallest absolute Gasteiger partial charge is 0.276 e. The van der Waals surface area contributed by atoms with Crippen molar-refractivity contribution in [3.8, 4) is 0 Å². The van der Waals surface area contributed by atoms with Gasteiger partial charge in [0, 0.05) is 0 Å². The highest BCUT2D eigenvalue weighted by atomic mass is 32.1. The summed E-state index contributed by atoms with van der Waals surface area (Å²) in [4.78, 5) is 24.2. The summed E-state index contributed by atoms with van der Waals surface area (Å²) in [5.74, 6) is -1.42. The quantitative estimate of drug-likeness (QED) is 0.668. The maximum absolute atomic E-state index is 12.1. The summed E-state index contributed by atoms with van der Waals surface area (Å²) in [6.07, 6.45) is 0. The number of benzene rings is 2. The Balaban J connectivity index is 1.94. The van der Waals surface area contributed by atoms with E-state index in [2.05, 4.69) is 25.6 Å². The van der Waals surface area contributed by atoms with Gasteiger partial charge in [-0.3, -0.25) is 18.2 Å². The SMILES string of the molecule is O=C(C(=O)N(S)Cc1ccccc1)N(S)Cc1ccccc1. The summed E-state index contributed by atoms with van der Waals surface area (Å²) >= 11 is 8.20. The first-order valence-electron chi connectivity index (χ1n) is 6.67. The summed E-state index contributed by atoms with van der Waals surface area (Å²) < 4.78 is 2.18. The van der Waals surface area contributed by atoms with E-state index in [1.165, 1.54) is 0 Å². The lowest BCUT2D eigenvalue weighted by atomic mass is 10.2. The van der Waals surface area contributed by atoms with Gasteiger partial charge in [-0.05, 0) is 11.1 Å². The molecule has 0 saturated carbocycles. The van der Waals surface area contributed by atoms with Crippen molar-refractivity contribution in [1.82, 2.24) is 8.61 Å². The van der Waals surface area contributed by atoms with E-state index in [0.717, 1.165) is 19.7 Å². The Morgan fingerprint density at radius 1 is 0.682 bits per heavy atom. The van der Waals surface area contributed by atoms with E-state index >= 15 is 0 Å². The number of thiol groups is 2. The van der Waals surface area contributed by atoms with Gasteiger partial charge >= 0.3 is 11.8 Å². The molecule has 0 aliphatic carbocycles. The third-order valence-corrected chi connectivity index (χ3v) is 3.65. The molecule has 0 aromatic heterocycles. The molecule has 0 unspecified atom stereocenters. The van der Waals surface area contributed by atoms with Crippen LogP contribution in [0.15, 0.2) is 60.7 Å². The average molecular weight is 332 g/mol. The molecule has 114 valence electrons. The average Bonchev–Trinajstić information content (AvgIpc) is 2.55. The van der Waals surface area contributed by atoms with E-state index < -0.39 is 11.8 Å². The molecule has 4 nitrogen and oxygen atoms in total. The Labute approximate surface area is 140 Å². The van der Waals surface area contributed by atoms with Crippen molar-refractivity contribution in [3.63, 3.8) is 0 Å². The zero-order chi connectivity index (χ0) is 15.9. The maximum Gasteiger partial charge on any atom is 0.322 e. The van der Waals surface area contributed by atoms with Crippen LogP contribution in [0, 0.1) is 0 Å². The number of hydrogen-bond acceptors (Lipinski definition) is 4. The predicted octanol–water partition coefficient (Wildman–Crippen LogP) is 2.73. The number of nitrogens with zero attached hydrogens (tertiary/aromatic N) is 2. The molecule has 2 amide bonds. The summed E-state index contributed by atoms with van der Waals surface area (Å²) in [7, 11) is 0. The van der Waals surface area contributed by atoms with Gasteiger partial charge < -0.3 is 0 Å². The minimum absolute atomic E-state index is 0.251. The Bertz CT molecular complexity index is 578. The molecule has 0 aliphatic heterocycles. The van der Waals surface area contributed by atoms with Crippen LogP contribution in [0.4, 0.5) is 0 Å². The molecule has 2 aromatic rings. The van der Waals surface area contributed by atoms with Crippen LogP contribution in [-0.4, -0.2) is 20.4 Å². The molecule has 0 fully saturated rings. The Morgan fingerprint density at radius 3 is 1.32 bits per heavy atom. The first kappa shape index (κ1) is 16.5. The molecular formula is C16H16N2O2S2. The molecule has 0 N–H and O–H groups in total. The summed E-state index contributed by atoms with van der Waals surface area (Å²) in [5, 5.41) is 0. The van der Waals surface area contributed by atoms with Crippen molar-refractivity contribution < 1.29 is 9.59 Å². The topological polar surface area (TPSA) is 40.6 Å². The van der Waals surface area contributed by atoms with Crippen LogP contribution in [0.25, 0.3) is 0 Å². The lowest BCUT2D eigenvalue weighted by Crippen LogP contribution is -2.37. The fourth-order valence-electron chi connectivity index (χ4n) is 1.88. The van der Waals surface area contributed by atoms with Crippen molar-refractivity contribution in [2.75, 3.05) is 0 Å². The molecular weight excluding hydrogens is 316 g/mol. The second-order valence-corrected chi connectivity index (χ2v) is 5.66. The van der Waals surface area contributed by atoms with Gasteiger partial charge in [0.15, 0.2) is 0 Å². The van der Waals surface area contributed by atoms with Gasteiger partial charge in [0.25, 0.3) is 0 Å². The van der Waals surface area contributed by atoms with E-state index in [0.29, 0.717) is 0 Å². The molecule has 0 atom stereocenters. The molecule has 0 aliphatic rings. The first-order chi connectivity index (χ1) is 10.6. The highest BCUT2D eigenvalue weighted by Gasteiger charge is 2.24. The fraction of sp³-hybridized carbons (Fsp3) is 0.125. The molecule has 0 heterocycles. The molecule has 2 rings (SSSR count). The fourth-order valence-corrected chi connectivity index (χ4v) is 2.37. The van der Waals surface area contributed by atoms with Crippen LogP contribution in [-0.2, 0) is 22.7 Å². The number of amides is 2. The standard InChI is InChI=1S/C16H16N2O2S2/c19-15(17(21)11-13-7-3-1-4-8-13)16(20)18(22)12-14-9-5-2-6-10-14/h1-10,21-22H,11-12H2. The van der Waals surface area contributed by atoms with Crippen LogP contribution >= 0.6 is 25.6 Å². The van der Waals surface area contributed by atoms with Gasteiger partial charge in [-0.2, -0.15) is 0 Å². The van der Waals surface area contributed by atoms with E-state index in [4.69, 9.17) is 0 Å². The second-order valence-electron chi connectivity index (χ2n) is 4.70. The molecule has 0 radical (unpaired) electrons. The van der Waals surface area contributed by atoms with Crippen molar-refractivity contribution in [3.05, 3.63) is 71.8 Å². The third kappa shape index (κ3) is 4.54. The van der Waals surface area contributed by atoms with Gasteiger partial charge in [-0.25, -0.2) is 0 Å². The molecule has 2 aromatic carbocycles. The second kappa shape index (κ2) is 7.91. The number of hydrogen-bond donors (Lipinski definition) is 2. The Morgan fingerprint density at radius 2 is 1.00 bits per heavy atom. The van der Waals surface area contributed by atoms with E-state index in [-0.39, 0.29) is 13.1 Å². The molecule has 22 heavy (non-hydrogen) atoms. The lowest BCUT2D eigenvalue weighted by Gasteiger charge is -2.19. The van der Waals surface area contributed by atoms with Crippen LogP contribution in [0.2, 0.25) is 0 Å². The minimum atomic E-state index is -0.710. The summed E-state index contributed by atoms with van der Waals surface area (Å²) in [6.45, 7) is 0.503. The van der Waals surface area contributed by atoms with Crippen LogP contribution in [0.3, 0.4) is 0 Å². The van der Waals surface area contributed by atoms with Crippen LogP contribution in [0.1, 0.15) is 11.1 Å². The van der Waals surface area contributed by atoms with Gasteiger partial charge in [0.2, 0.25) is 0 Å². The molecule has 0 saturated heterocycles. The highest BCUT2D eigenvalue weighted by Crippen LogP contribution is 2.11. The van der Waals surface area contributed by atoms with Gasteiger partial charge in [-0.15, -0.1) is 0 Å². The highest BCUT2D eigenvalue weighted by molar-refractivity contribution is 7.79. The monoisotopic (exact) mass is 332 g/mol. The summed E-state index contributed by atoms with van der Waals surface area (Å²) in [6, 6.07) is 18.7. The lowest BCUT2D eigenvalue weighted by molar-refractivity contribution is -0.145. The van der Waals surface area contributed by atoms with Crippen molar-refractivity contribution in [2.24, 2.45) is 0 Å².